The van der Waals surface area contributed by atoms with E-state index in [1.165, 1.54) is 6.20 Å². The lowest BCUT2D eigenvalue weighted by atomic mass is 10.0. The summed E-state index contributed by atoms with van der Waals surface area (Å²) in [6.07, 6.45) is 7.65. The average Bonchev–Trinajstić information content (AvgIpc) is 3.00. The van der Waals surface area contributed by atoms with Crippen LogP contribution >= 0.6 is 0 Å². The summed E-state index contributed by atoms with van der Waals surface area (Å²) in [4.78, 5) is 30.6. The van der Waals surface area contributed by atoms with Gasteiger partial charge in [0.15, 0.2) is 0 Å². The molecule has 2 N–H and O–H groups in total. The number of carboxylic acid groups (broad SMARTS) is 1. The van der Waals surface area contributed by atoms with Crippen LogP contribution in [0.25, 0.3) is 0 Å². The van der Waals surface area contributed by atoms with Crippen LogP contribution in [0, 0.1) is 0 Å². The molecular formula is C17H17N3O3. The molecule has 1 unspecified atom stereocenters. The van der Waals surface area contributed by atoms with E-state index >= 15 is 0 Å². The maximum absolute atomic E-state index is 11.2. The number of hydrogen-bond donors (Lipinski definition) is 2. The Morgan fingerprint density at radius 2 is 2.04 bits per heavy atom. The van der Waals surface area contributed by atoms with Crippen LogP contribution in [0.1, 0.15) is 46.1 Å². The molecule has 0 saturated carbocycles. The molecule has 2 aromatic rings. The van der Waals surface area contributed by atoms with Crippen LogP contribution < -0.4 is 5.32 Å². The lowest BCUT2D eigenvalue weighted by Gasteiger charge is -2.10. The fraction of sp³-hybridized carbons (Fsp3) is 0.294. The number of rotatable bonds is 5. The summed E-state index contributed by atoms with van der Waals surface area (Å²) in [5.41, 5.74) is 3.04. The Kier molecular flexibility index (Phi) is 4.32. The van der Waals surface area contributed by atoms with Gasteiger partial charge in [-0.3, -0.25) is 14.8 Å². The monoisotopic (exact) mass is 311 g/mol. The van der Waals surface area contributed by atoms with Crippen LogP contribution in [0.15, 0.2) is 36.8 Å². The second-order valence-corrected chi connectivity index (χ2v) is 5.64. The van der Waals surface area contributed by atoms with Gasteiger partial charge in [0.25, 0.3) is 0 Å². The molecule has 3 rings (SSSR count). The Morgan fingerprint density at radius 1 is 1.22 bits per heavy atom. The maximum Gasteiger partial charge on any atom is 0.337 e. The van der Waals surface area contributed by atoms with Crippen LogP contribution in [0.5, 0.6) is 0 Å². The molecule has 1 aliphatic heterocycles. The second-order valence-electron chi connectivity index (χ2n) is 5.64. The summed E-state index contributed by atoms with van der Waals surface area (Å²) >= 11 is 0. The molecule has 0 radical (unpaired) electrons. The number of carbonyl (C=O) groups excluding carboxylic acids is 1. The van der Waals surface area contributed by atoms with Crippen molar-refractivity contribution in [2.45, 2.75) is 31.7 Å². The molecule has 0 bridgehead atoms. The van der Waals surface area contributed by atoms with E-state index in [9.17, 15) is 9.59 Å². The van der Waals surface area contributed by atoms with E-state index in [0.29, 0.717) is 12.8 Å². The fourth-order valence-corrected chi connectivity index (χ4v) is 2.66. The normalized spacial score (nSPS) is 17.0. The molecule has 0 aromatic carbocycles. The first-order valence-corrected chi connectivity index (χ1v) is 7.53. The molecule has 1 aliphatic rings. The molecule has 2 aromatic heterocycles. The van der Waals surface area contributed by atoms with E-state index in [2.05, 4.69) is 15.3 Å². The molecule has 3 heterocycles. The number of aryl methyl sites for hydroxylation is 2. The molecule has 0 aliphatic carbocycles. The van der Waals surface area contributed by atoms with Gasteiger partial charge < -0.3 is 10.4 Å². The molecule has 1 saturated heterocycles. The van der Waals surface area contributed by atoms with Gasteiger partial charge in [-0.05, 0) is 42.5 Å². The van der Waals surface area contributed by atoms with Crippen LogP contribution in [0.4, 0.5) is 0 Å². The molecule has 1 fully saturated rings. The topological polar surface area (TPSA) is 92.2 Å². The number of pyridine rings is 2. The smallest absolute Gasteiger partial charge is 0.337 e. The minimum atomic E-state index is -0.969. The Balaban J connectivity index is 1.61. The van der Waals surface area contributed by atoms with Crippen molar-refractivity contribution in [2.75, 3.05) is 0 Å². The van der Waals surface area contributed by atoms with Gasteiger partial charge in [0.05, 0.1) is 17.3 Å². The van der Waals surface area contributed by atoms with Crippen molar-refractivity contribution < 1.29 is 14.7 Å². The van der Waals surface area contributed by atoms with Crippen LogP contribution in [0.3, 0.4) is 0 Å². The Morgan fingerprint density at radius 3 is 2.70 bits per heavy atom. The zero-order chi connectivity index (χ0) is 16.2. The molecule has 1 atom stereocenters. The Bertz CT molecular complexity index is 728. The van der Waals surface area contributed by atoms with Crippen LogP contribution in [-0.2, 0) is 17.6 Å². The third kappa shape index (κ3) is 3.71. The van der Waals surface area contributed by atoms with Gasteiger partial charge >= 0.3 is 5.97 Å². The average molecular weight is 311 g/mol. The predicted octanol–water partition coefficient (Wildman–Crippen LogP) is 1.91. The predicted molar refractivity (Wildman–Crippen MR) is 83.0 cm³/mol. The fourth-order valence-electron chi connectivity index (χ4n) is 2.66. The third-order valence-electron chi connectivity index (χ3n) is 3.94. The highest BCUT2D eigenvalue weighted by Crippen LogP contribution is 2.22. The number of aromatic nitrogens is 2. The first-order valence-electron chi connectivity index (χ1n) is 7.53. The van der Waals surface area contributed by atoms with E-state index in [4.69, 9.17) is 5.11 Å². The van der Waals surface area contributed by atoms with Crippen molar-refractivity contribution >= 4 is 11.9 Å². The summed E-state index contributed by atoms with van der Waals surface area (Å²) in [6, 6.07) is 5.61. The Hall–Kier alpha value is -2.76. The lowest BCUT2D eigenvalue weighted by Crippen LogP contribution is -2.19. The first kappa shape index (κ1) is 15.1. The molecule has 0 spiro atoms. The van der Waals surface area contributed by atoms with Crippen molar-refractivity contribution in [3.8, 4) is 0 Å². The summed E-state index contributed by atoms with van der Waals surface area (Å²) in [6.45, 7) is 0. The molecule has 23 heavy (non-hydrogen) atoms. The number of carbonyl (C=O) groups is 2. The van der Waals surface area contributed by atoms with E-state index < -0.39 is 5.97 Å². The van der Waals surface area contributed by atoms with Gasteiger partial charge in [-0.2, -0.15) is 0 Å². The van der Waals surface area contributed by atoms with E-state index in [1.807, 2.05) is 18.3 Å². The Labute approximate surface area is 133 Å². The van der Waals surface area contributed by atoms with Crippen molar-refractivity contribution in [3.05, 3.63) is 59.2 Å². The number of amides is 1. The van der Waals surface area contributed by atoms with E-state index in [-0.39, 0.29) is 17.5 Å². The standard InChI is InChI=1S/C17H17N3O3/c21-16-6-5-15(20-16)14-4-3-11(9-19-14)1-2-12-7-13(17(22)23)10-18-8-12/h3-4,7-10,15H,1-2,5-6H2,(H,20,21)(H,22,23). The summed E-state index contributed by atoms with van der Waals surface area (Å²) in [5.74, 6) is -0.893. The largest absolute Gasteiger partial charge is 0.478 e. The summed E-state index contributed by atoms with van der Waals surface area (Å²) in [7, 11) is 0. The van der Waals surface area contributed by atoms with Gasteiger partial charge in [0.1, 0.15) is 0 Å². The first-order chi connectivity index (χ1) is 11.1. The number of hydrogen-bond acceptors (Lipinski definition) is 4. The van der Waals surface area contributed by atoms with Gasteiger partial charge in [0, 0.05) is 25.0 Å². The van der Waals surface area contributed by atoms with Gasteiger partial charge in [-0.25, -0.2) is 4.79 Å². The highest BCUT2D eigenvalue weighted by molar-refractivity contribution is 5.87. The van der Waals surface area contributed by atoms with Crippen molar-refractivity contribution in [1.82, 2.24) is 15.3 Å². The minimum absolute atomic E-state index is 0.0213. The molecule has 118 valence electrons. The van der Waals surface area contributed by atoms with Gasteiger partial charge in [0.2, 0.25) is 5.91 Å². The van der Waals surface area contributed by atoms with Crippen molar-refractivity contribution in [3.63, 3.8) is 0 Å². The highest BCUT2D eigenvalue weighted by Gasteiger charge is 2.22. The number of nitrogens with one attached hydrogen (secondary N) is 1. The molecule has 6 heteroatoms. The third-order valence-corrected chi connectivity index (χ3v) is 3.94. The van der Waals surface area contributed by atoms with Gasteiger partial charge in [-0.15, -0.1) is 0 Å². The zero-order valence-corrected chi connectivity index (χ0v) is 12.5. The number of carboxylic acids is 1. The summed E-state index contributed by atoms with van der Waals surface area (Å²) in [5, 5.41) is 11.9. The lowest BCUT2D eigenvalue weighted by molar-refractivity contribution is -0.119. The van der Waals surface area contributed by atoms with Crippen molar-refractivity contribution in [2.24, 2.45) is 0 Å². The van der Waals surface area contributed by atoms with Crippen LogP contribution in [0.2, 0.25) is 0 Å². The van der Waals surface area contributed by atoms with Gasteiger partial charge in [-0.1, -0.05) is 6.07 Å². The SMILES string of the molecule is O=C1CCC(c2ccc(CCc3cncc(C(=O)O)c3)cn2)N1. The number of aromatic carboxylic acids is 1. The van der Waals surface area contributed by atoms with E-state index in [0.717, 1.165) is 29.7 Å². The van der Waals surface area contributed by atoms with Crippen LogP contribution in [-0.4, -0.2) is 27.0 Å². The molecule has 6 nitrogen and oxygen atoms in total. The molecule has 1 amide bonds. The summed E-state index contributed by atoms with van der Waals surface area (Å²) < 4.78 is 0. The van der Waals surface area contributed by atoms with E-state index in [1.54, 1.807) is 12.3 Å². The maximum atomic E-state index is 11.2. The quantitative estimate of drug-likeness (QED) is 0.880. The second kappa shape index (κ2) is 6.56. The zero-order valence-electron chi connectivity index (χ0n) is 12.5. The number of nitrogens with zero attached hydrogens (tertiary/aromatic N) is 2. The minimum Gasteiger partial charge on any atom is -0.478 e. The molecular weight excluding hydrogens is 294 g/mol. The van der Waals surface area contributed by atoms with Crippen molar-refractivity contribution in [1.29, 1.82) is 0 Å². The highest BCUT2D eigenvalue weighted by atomic mass is 16.4.